The molecule has 176 valence electrons. The van der Waals surface area contributed by atoms with Crippen LogP contribution in [0.25, 0.3) is 0 Å². The maximum atomic E-state index is 11.7. The fourth-order valence-electron chi connectivity index (χ4n) is 2.37. The topological polar surface area (TPSA) is 104 Å². The van der Waals surface area contributed by atoms with Crippen LogP contribution in [0, 0.1) is 0 Å². The lowest BCUT2D eigenvalue weighted by atomic mass is 10.1. The van der Waals surface area contributed by atoms with Crippen molar-refractivity contribution in [3.63, 3.8) is 0 Å². The fraction of sp³-hybridized carbons (Fsp3) is 0.542. The fourth-order valence-corrected chi connectivity index (χ4v) is 3.37. The van der Waals surface area contributed by atoms with E-state index in [4.69, 9.17) is 5.11 Å². The summed E-state index contributed by atoms with van der Waals surface area (Å²) in [4.78, 5) is 33.8. The molecule has 7 heteroatoms. The van der Waals surface area contributed by atoms with E-state index in [2.05, 4.69) is 51.2 Å². The number of amides is 1. The van der Waals surface area contributed by atoms with Crippen molar-refractivity contribution in [1.29, 1.82) is 0 Å². The van der Waals surface area contributed by atoms with Crippen LogP contribution in [0.15, 0.2) is 46.6 Å². The van der Waals surface area contributed by atoms with Gasteiger partial charge in [-0.1, -0.05) is 42.4 Å². The molecule has 3 N–H and O–H groups in total. The second-order valence-corrected chi connectivity index (χ2v) is 8.60. The van der Waals surface area contributed by atoms with Crippen molar-refractivity contribution in [2.45, 2.75) is 73.8 Å². The molecule has 0 aliphatic carbocycles. The summed E-state index contributed by atoms with van der Waals surface area (Å²) in [6, 6.07) is -1.07. The number of aliphatic carboxylic acids is 2. The van der Waals surface area contributed by atoms with Crippen molar-refractivity contribution < 1.29 is 24.6 Å². The van der Waals surface area contributed by atoms with Crippen molar-refractivity contribution in [2.75, 3.05) is 11.5 Å². The van der Waals surface area contributed by atoms with Crippen molar-refractivity contribution in [3.05, 3.63) is 46.6 Å². The summed E-state index contributed by atoms with van der Waals surface area (Å²) in [5.41, 5.74) is 3.83. The van der Waals surface area contributed by atoms with Gasteiger partial charge in [-0.05, 0) is 60.3 Å². The number of carbonyl (C=O) groups excluding carboxylic acids is 1. The van der Waals surface area contributed by atoms with Gasteiger partial charge in [-0.25, -0.2) is 9.59 Å². The van der Waals surface area contributed by atoms with Gasteiger partial charge in [0.15, 0.2) is 0 Å². The summed E-state index contributed by atoms with van der Waals surface area (Å²) in [5, 5.41) is 20.3. The number of rotatable bonds is 14. The van der Waals surface area contributed by atoms with E-state index in [1.165, 1.54) is 35.4 Å². The minimum Gasteiger partial charge on any atom is -0.480 e. The van der Waals surface area contributed by atoms with Crippen LogP contribution in [0.4, 0.5) is 0 Å². The zero-order valence-corrected chi connectivity index (χ0v) is 19.5. The van der Waals surface area contributed by atoms with E-state index >= 15 is 0 Å². The molecule has 0 radical (unpaired) electrons. The highest BCUT2D eigenvalue weighted by atomic mass is 32.2. The molecule has 31 heavy (non-hydrogen) atoms. The molecule has 0 aromatic rings. The second kappa shape index (κ2) is 17.4. The summed E-state index contributed by atoms with van der Waals surface area (Å²) >= 11 is 1.41. The first kappa shape index (κ1) is 30.9. The standard InChI is InChI=1S/C23H35NO5S.CH4/c1-16(2)8-6-9-17(3)10-7-11-18(4)12-13-30-15-20(23(28)29)24-21(25)14-19(5)22(26)27;/h8,10,12,14,20H,6-7,9,11,13,15H2,1-5H3,(H,24,25)(H,26,27)(H,28,29);1H4/b17-10+,18-12+,19-14+;/t20-;/m0./s1. The van der Waals surface area contributed by atoms with Gasteiger partial charge in [0.25, 0.3) is 0 Å². The number of hydrogen-bond donors (Lipinski definition) is 3. The zero-order chi connectivity index (χ0) is 23.1. The normalized spacial score (nSPS) is 13.1. The van der Waals surface area contributed by atoms with Crippen LogP contribution >= 0.6 is 11.8 Å². The lowest BCUT2D eigenvalue weighted by Crippen LogP contribution is -2.42. The first-order valence-electron chi connectivity index (χ1n) is 10.00. The molecule has 0 aromatic heterocycles. The van der Waals surface area contributed by atoms with Crippen molar-refractivity contribution in [3.8, 4) is 0 Å². The van der Waals surface area contributed by atoms with E-state index in [-0.39, 0.29) is 18.8 Å². The van der Waals surface area contributed by atoms with Gasteiger partial charge in [-0.2, -0.15) is 11.8 Å². The minimum absolute atomic E-state index is 0. The van der Waals surface area contributed by atoms with Gasteiger partial charge in [-0.15, -0.1) is 0 Å². The quantitative estimate of drug-likeness (QED) is 0.185. The zero-order valence-electron chi connectivity index (χ0n) is 18.7. The summed E-state index contributed by atoms with van der Waals surface area (Å²) < 4.78 is 0. The molecule has 0 aliphatic rings. The summed E-state index contributed by atoms with van der Waals surface area (Å²) in [6.07, 6.45) is 11.6. The molecule has 0 saturated carbocycles. The predicted molar refractivity (Wildman–Crippen MR) is 130 cm³/mol. The third kappa shape index (κ3) is 17.1. The van der Waals surface area contributed by atoms with E-state index in [1.807, 2.05) is 0 Å². The molecule has 0 unspecified atom stereocenters. The van der Waals surface area contributed by atoms with Gasteiger partial charge < -0.3 is 15.5 Å². The molecule has 6 nitrogen and oxygen atoms in total. The third-order valence-electron chi connectivity index (χ3n) is 4.26. The lowest BCUT2D eigenvalue weighted by molar-refractivity contribution is -0.140. The highest BCUT2D eigenvalue weighted by Gasteiger charge is 2.19. The maximum absolute atomic E-state index is 11.7. The first-order valence-corrected chi connectivity index (χ1v) is 11.2. The van der Waals surface area contributed by atoms with Crippen LogP contribution < -0.4 is 5.32 Å². The minimum atomic E-state index is -1.22. The molecule has 0 spiro atoms. The smallest absolute Gasteiger partial charge is 0.331 e. The number of thioether (sulfide) groups is 1. The lowest BCUT2D eigenvalue weighted by Gasteiger charge is -2.12. The van der Waals surface area contributed by atoms with E-state index in [1.54, 1.807) is 0 Å². The highest BCUT2D eigenvalue weighted by molar-refractivity contribution is 7.99. The Morgan fingerprint density at radius 3 is 1.97 bits per heavy atom. The number of nitrogens with one attached hydrogen (secondary N) is 1. The number of carboxylic acids is 2. The van der Waals surface area contributed by atoms with Gasteiger partial charge >= 0.3 is 11.9 Å². The molecule has 0 saturated heterocycles. The number of hydrogen-bond acceptors (Lipinski definition) is 4. The Bertz CT molecular complexity index is 715. The van der Waals surface area contributed by atoms with E-state index in [0.29, 0.717) is 5.75 Å². The Hall–Kier alpha value is -2.28. The van der Waals surface area contributed by atoms with E-state index < -0.39 is 23.9 Å². The van der Waals surface area contributed by atoms with Crippen molar-refractivity contribution >= 4 is 29.6 Å². The van der Waals surface area contributed by atoms with Crippen LogP contribution in [0.1, 0.15) is 67.7 Å². The van der Waals surface area contributed by atoms with E-state index in [9.17, 15) is 19.5 Å². The van der Waals surface area contributed by atoms with Crippen LogP contribution in [-0.4, -0.2) is 45.6 Å². The van der Waals surface area contributed by atoms with Gasteiger partial charge in [0.1, 0.15) is 6.04 Å². The maximum Gasteiger partial charge on any atom is 0.331 e. The molecule has 0 fully saturated rings. The number of carboxylic acid groups (broad SMARTS) is 2. The monoisotopic (exact) mass is 453 g/mol. The molecule has 0 rings (SSSR count). The Morgan fingerprint density at radius 1 is 0.903 bits per heavy atom. The molecule has 1 atom stereocenters. The molecule has 0 aliphatic heterocycles. The Labute approximate surface area is 191 Å². The van der Waals surface area contributed by atoms with Gasteiger partial charge in [0.05, 0.1) is 0 Å². The molecule has 0 aromatic carbocycles. The predicted octanol–water partition coefficient (Wildman–Crippen LogP) is 5.38. The van der Waals surface area contributed by atoms with Crippen LogP contribution in [0.2, 0.25) is 0 Å². The van der Waals surface area contributed by atoms with Crippen molar-refractivity contribution in [1.82, 2.24) is 5.32 Å². The Kier molecular flexibility index (Phi) is 17.4. The summed E-state index contributed by atoms with van der Waals surface area (Å²) in [5.74, 6) is -2.23. The molecule has 0 heterocycles. The van der Waals surface area contributed by atoms with Crippen LogP contribution in [0.5, 0.6) is 0 Å². The Balaban J connectivity index is 0. The third-order valence-corrected chi connectivity index (χ3v) is 5.23. The van der Waals surface area contributed by atoms with Gasteiger partial charge in [0, 0.05) is 23.2 Å². The summed E-state index contributed by atoms with van der Waals surface area (Å²) in [7, 11) is 0. The SMILES string of the molecule is C.CC(C)=CCC/C(C)=C/CC/C(C)=C/CSC[C@H](NC(=O)/C=C(\C)C(=O)O)C(=O)O. The highest BCUT2D eigenvalue weighted by Crippen LogP contribution is 2.13. The molecular weight excluding hydrogens is 414 g/mol. The van der Waals surface area contributed by atoms with Gasteiger partial charge in [-0.3, -0.25) is 4.79 Å². The van der Waals surface area contributed by atoms with Crippen LogP contribution in [-0.2, 0) is 14.4 Å². The largest absolute Gasteiger partial charge is 0.480 e. The average molecular weight is 454 g/mol. The van der Waals surface area contributed by atoms with Crippen molar-refractivity contribution in [2.24, 2.45) is 0 Å². The van der Waals surface area contributed by atoms with E-state index in [0.717, 1.165) is 31.8 Å². The molecule has 0 bridgehead atoms. The van der Waals surface area contributed by atoms with Crippen LogP contribution in [0.3, 0.4) is 0 Å². The second-order valence-electron chi connectivity index (χ2n) is 7.53. The molecule has 1 amide bonds. The van der Waals surface area contributed by atoms with Gasteiger partial charge in [0.2, 0.25) is 5.91 Å². The number of allylic oxidation sites excluding steroid dienone is 5. The Morgan fingerprint density at radius 2 is 1.45 bits per heavy atom. The first-order chi connectivity index (χ1) is 14.0. The average Bonchev–Trinajstić information content (AvgIpc) is 2.63. The molecular formula is C24H39NO5S. The summed E-state index contributed by atoms with van der Waals surface area (Å²) in [6.45, 7) is 9.70. The number of carbonyl (C=O) groups is 3.